The van der Waals surface area contributed by atoms with E-state index in [1.807, 2.05) is 9.62 Å². The summed E-state index contributed by atoms with van der Waals surface area (Å²) in [6.45, 7) is 1.42. The van der Waals surface area contributed by atoms with E-state index < -0.39 is 32.6 Å². The zero-order valence-corrected chi connectivity index (χ0v) is 16.8. The number of benzene rings is 1. The van der Waals surface area contributed by atoms with Gasteiger partial charge in [-0.05, 0) is 44.8 Å². The maximum Gasteiger partial charge on any atom is 0.267 e. The van der Waals surface area contributed by atoms with Gasteiger partial charge < -0.3 is 9.64 Å². The van der Waals surface area contributed by atoms with Crippen LogP contribution in [0.3, 0.4) is 0 Å². The summed E-state index contributed by atoms with van der Waals surface area (Å²) in [6.07, 6.45) is 4.92. The Kier molecular flexibility index (Phi) is 6.28. The van der Waals surface area contributed by atoms with Crippen LogP contribution in [-0.4, -0.2) is 51.2 Å². The average Bonchev–Trinajstić information content (AvgIpc) is 3.26. The molecule has 2 aliphatic rings. The molecule has 1 heterocycles. The quantitative estimate of drug-likeness (QED) is 0.768. The minimum absolute atomic E-state index is 0.0811. The Labute approximate surface area is 164 Å². The van der Waals surface area contributed by atoms with Crippen molar-refractivity contribution >= 4 is 27.5 Å². The minimum atomic E-state index is -3.88. The summed E-state index contributed by atoms with van der Waals surface area (Å²) in [5, 5.41) is -0.614. The van der Waals surface area contributed by atoms with Gasteiger partial charge in [0, 0.05) is 12.6 Å². The van der Waals surface area contributed by atoms with Gasteiger partial charge in [-0.1, -0.05) is 24.4 Å². The number of hydrogen-bond donors (Lipinski definition) is 1. The van der Waals surface area contributed by atoms with Crippen molar-refractivity contribution in [1.82, 2.24) is 9.62 Å². The van der Waals surface area contributed by atoms with E-state index in [1.54, 1.807) is 7.05 Å². The number of ether oxygens (including phenoxy) is 1. The second-order valence-corrected chi connectivity index (χ2v) is 9.74. The molecule has 0 spiro atoms. The molecule has 2 fully saturated rings. The van der Waals surface area contributed by atoms with Crippen molar-refractivity contribution in [3.63, 3.8) is 0 Å². The van der Waals surface area contributed by atoms with Crippen LogP contribution in [0.2, 0.25) is 5.02 Å². The van der Waals surface area contributed by atoms with Gasteiger partial charge in [-0.2, -0.15) is 0 Å². The molecule has 27 heavy (non-hydrogen) atoms. The number of rotatable bonds is 6. The molecule has 1 saturated carbocycles. The molecule has 1 N–H and O–H groups in total. The van der Waals surface area contributed by atoms with E-state index in [0.717, 1.165) is 25.0 Å². The predicted molar refractivity (Wildman–Crippen MR) is 101 cm³/mol. The largest absolute Gasteiger partial charge is 0.492 e. The lowest BCUT2D eigenvalue weighted by atomic mass is 10.1. The molecular weight excluding hydrogens is 395 g/mol. The fourth-order valence-corrected chi connectivity index (χ4v) is 5.23. The van der Waals surface area contributed by atoms with Gasteiger partial charge in [0.1, 0.15) is 11.6 Å². The summed E-state index contributed by atoms with van der Waals surface area (Å²) < 4.78 is 46.6. The number of sulfonamides is 1. The van der Waals surface area contributed by atoms with Crippen molar-refractivity contribution in [3.05, 3.63) is 28.5 Å². The number of nitrogens with zero attached hydrogens (tertiary/aromatic N) is 1. The SMILES string of the molecule is CN1CCC(S(=O)(=O)NC(=O)c2cc(Cl)c(OCC3CCCC3)cc2F)C1. The van der Waals surface area contributed by atoms with Gasteiger partial charge >= 0.3 is 0 Å². The van der Waals surface area contributed by atoms with E-state index in [0.29, 0.717) is 32.0 Å². The van der Waals surface area contributed by atoms with Crippen LogP contribution in [0.1, 0.15) is 42.5 Å². The predicted octanol–water partition coefficient (Wildman–Crippen LogP) is 2.81. The Hall–Kier alpha value is -1.38. The van der Waals surface area contributed by atoms with Crippen LogP contribution in [-0.2, 0) is 10.0 Å². The minimum Gasteiger partial charge on any atom is -0.492 e. The summed E-state index contributed by atoms with van der Waals surface area (Å²) in [6, 6.07) is 2.16. The first kappa shape index (κ1) is 20.4. The smallest absolute Gasteiger partial charge is 0.267 e. The molecule has 1 aromatic carbocycles. The molecule has 0 bridgehead atoms. The van der Waals surface area contributed by atoms with Gasteiger partial charge in [-0.25, -0.2) is 17.5 Å². The summed E-state index contributed by atoms with van der Waals surface area (Å²) in [5.41, 5.74) is -0.414. The maximum atomic E-state index is 14.4. The van der Waals surface area contributed by atoms with E-state index in [9.17, 15) is 17.6 Å². The van der Waals surface area contributed by atoms with Crippen LogP contribution in [0, 0.1) is 11.7 Å². The standard InChI is InChI=1S/C18H24ClFN2O4S/c1-22-7-6-13(10-22)27(24,25)21-18(23)14-8-15(19)17(9-16(14)20)26-11-12-4-2-3-5-12/h8-9,12-13H,2-7,10-11H2,1H3,(H,21,23). The zero-order chi connectivity index (χ0) is 19.6. The van der Waals surface area contributed by atoms with Crippen LogP contribution >= 0.6 is 11.6 Å². The summed E-state index contributed by atoms with van der Waals surface area (Å²) >= 11 is 6.12. The molecule has 1 atom stereocenters. The zero-order valence-electron chi connectivity index (χ0n) is 15.2. The highest BCUT2D eigenvalue weighted by molar-refractivity contribution is 7.90. The van der Waals surface area contributed by atoms with Crippen LogP contribution in [0.25, 0.3) is 0 Å². The third kappa shape index (κ3) is 4.92. The number of nitrogens with one attached hydrogen (secondary N) is 1. The summed E-state index contributed by atoms with van der Waals surface area (Å²) in [5.74, 6) is -1.29. The average molecular weight is 419 g/mol. The third-order valence-corrected chi connectivity index (χ3v) is 7.27. The molecule has 1 amide bonds. The van der Waals surface area contributed by atoms with Crippen LogP contribution in [0.4, 0.5) is 4.39 Å². The Morgan fingerprint density at radius 3 is 2.67 bits per heavy atom. The van der Waals surface area contributed by atoms with Gasteiger partial charge in [0.05, 0.1) is 22.4 Å². The van der Waals surface area contributed by atoms with E-state index >= 15 is 0 Å². The molecule has 6 nitrogen and oxygen atoms in total. The van der Waals surface area contributed by atoms with Crippen molar-refractivity contribution in [2.75, 3.05) is 26.7 Å². The molecule has 3 rings (SSSR count). The van der Waals surface area contributed by atoms with Crippen molar-refractivity contribution in [1.29, 1.82) is 0 Å². The van der Waals surface area contributed by atoms with Crippen LogP contribution in [0.15, 0.2) is 12.1 Å². The lowest BCUT2D eigenvalue weighted by Gasteiger charge is -2.15. The highest BCUT2D eigenvalue weighted by Gasteiger charge is 2.33. The lowest BCUT2D eigenvalue weighted by molar-refractivity contribution is 0.0977. The summed E-state index contributed by atoms with van der Waals surface area (Å²) in [7, 11) is -2.08. The monoisotopic (exact) mass is 418 g/mol. The van der Waals surface area contributed by atoms with Crippen LogP contribution < -0.4 is 9.46 Å². The summed E-state index contributed by atoms with van der Waals surface area (Å²) in [4.78, 5) is 14.2. The molecule has 1 unspecified atom stereocenters. The number of carbonyl (C=O) groups excluding carboxylic acids is 1. The molecule has 1 aliphatic carbocycles. The van der Waals surface area contributed by atoms with E-state index in [2.05, 4.69) is 0 Å². The number of hydrogen-bond acceptors (Lipinski definition) is 5. The Morgan fingerprint density at radius 1 is 1.33 bits per heavy atom. The second-order valence-electron chi connectivity index (χ2n) is 7.37. The molecule has 0 radical (unpaired) electrons. The normalized spacial score (nSPS) is 21.5. The number of halogens is 2. The Balaban J connectivity index is 1.68. The number of amides is 1. The second kappa shape index (κ2) is 8.32. The van der Waals surface area contributed by atoms with Crippen molar-refractivity contribution < 1.29 is 22.3 Å². The first-order valence-corrected chi connectivity index (χ1v) is 11.0. The van der Waals surface area contributed by atoms with Gasteiger partial charge in [0.25, 0.3) is 5.91 Å². The molecule has 1 aromatic rings. The lowest BCUT2D eigenvalue weighted by Crippen LogP contribution is -2.39. The van der Waals surface area contributed by atoms with Gasteiger partial charge in [-0.3, -0.25) is 4.79 Å². The van der Waals surface area contributed by atoms with Gasteiger partial charge in [-0.15, -0.1) is 0 Å². The number of likely N-dealkylation sites (tertiary alicyclic amines) is 1. The van der Waals surface area contributed by atoms with E-state index in [1.165, 1.54) is 12.8 Å². The fourth-order valence-electron chi connectivity index (χ4n) is 3.61. The maximum absolute atomic E-state index is 14.4. The number of carbonyl (C=O) groups is 1. The van der Waals surface area contributed by atoms with Crippen molar-refractivity contribution in [3.8, 4) is 5.75 Å². The van der Waals surface area contributed by atoms with Crippen molar-refractivity contribution in [2.45, 2.75) is 37.4 Å². The highest BCUT2D eigenvalue weighted by atomic mass is 35.5. The van der Waals surface area contributed by atoms with Crippen molar-refractivity contribution in [2.24, 2.45) is 5.92 Å². The molecule has 1 saturated heterocycles. The van der Waals surface area contributed by atoms with Gasteiger partial charge in [0.15, 0.2) is 0 Å². The molecular formula is C18H24ClFN2O4S. The highest BCUT2D eigenvalue weighted by Crippen LogP contribution is 2.31. The van der Waals surface area contributed by atoms with E-state index in [-0.39, 0.29) is 10.8 Å². The Bertz CT molecular complexity index is 812. The molecule has 9 heteroatoms. The Morgan fingerprint density at radius 2 is 2.04 bits per heavy atom. The fraction of sp³-hybridized carbons (Fsp3) is 0.611. The third-order valence-electron chi connectivity index (χ3n) is 5.24. The topological polar surface area (TPSA) is 75.7 Å². The molecule has 1 aliphatic heterocycles. The van der Waals surface area contributed by atoms with E-state index in [4.69, 9.17) is 16.3 Å². The molecule has 0 aromatic heterocycles. The van der Waals surface area contributed by atoms with Crippen LogP contribution in [0.5, 0.6) is 5.75 Å². The first-order chi connectivity index (χ1) is 12.8. The first-order valence-electron chi connectivity index (χ1n) is 9.12. The molecule has 150 valence electrons. The van der Waals surface area contributed by atoms with Gasteiger partial charge in [0.2, 0.25) is 10.0 Å².